The van der Waals surface area contributed by atoms with Gasteiger partial charge in [0.2, 0.25) is 0 Å². The summed E-state index contributed by atoms with van der Waals surface area (Å²) < 4.78 is 0. The minimum atomic E-state index is -0.257. The van der Waals surface area contributed by atoms with Crippen molar-refractivity contribution < 1.29 is 4.79 Å². The molecular formula is C11H10ClN3OS. The number of aromatic nitrogens is 1. The molecular weight excluding hydrogens is 258 g/mol. The second-order valence-electron chi connectivity index (χ2n) is 3.40. The first-order chi connectivity index (χ1) is 8.09. The Morgan fingerprint density at radius 3 is 3.06 bits per heavy atom. The van der Waals surface area contributed by atoms with E-state index in [0.717, 1.165) is 10.2 Å². The smallest absolute Gasteiger partial charge is 0.263 e. The van der Waals surface area contributed by atoms with Crippen molar-refractivity contribution in [1.29, 1.82) is 0 Å². The van der Waals surface area contributed by atoms with Gasteiger partial charge in [0.25, 0.3) is 5.91 Å². The molecule has 0 atom stereocenters. The number of thiophene rings is 1. The predicted octanol–water partition coefficient (Wildman–Crippen LogP) is 2.36. The molecule has 88 valence electrons. The van der Waals surface area contributed by atoms with E-state index in [0.29, 0.717) is 15.6 Å². The fraction of sp³-hybridized carbons (Fsp3) is 0.0909. The zero-order chi connectivity index (χ0) is 12.4. The largest absolute Gasteiger partial charge is 0.397 e. The number of nitrogens with zero attached hydrogens (tertiary/aromatic N) is 1. The van der Waals surface area contributed by atoms with Gasteiger partial charge in [-0.15, -0.1) is 11.3 Å². The molecule has 0 unspecified atom stereocenters. The average Bonchev–Trinajstić information content (AvgIpc) is 2.64. The maximum absolute atomic E-state index is 11.8. The van der Waals surface area contributed by atoms with Crippen LogP contribution >= 0.6 is 22.9 Å². The molecule has 6 heteroatoms. The number of carbonyl (C=O) groups excluding carboxylic acids is 1. The standard InChI is InChI=1S/C11H10ClN3OS/c1-6(12)5-15-10(16)9-8(13)7-3-2-4-14-11(7)17-9/h2-4H,1,5,13H2,(H,15,16). The molecule has 0 saturated heterocycles. The maximum Gasteiger partial charge on any atom is 0.263 e. The van der Waals surface area contributed by atoms with Crippen molar-refractivity contribution in [3.63, 3.8) is 0 Å². The van der Waals surface area contributed by atoms with Gasteiger partial charge in [-0.05, 0) is 12.1 Å². The lowest BCUT2D eigenvalue weighted by atomic mass is 10.2. The van der Waals surface area contributed by atoms with Crippen molar-refractivity contribution in [3.05, 3.63) is 34.8 Å². The highest BCUT2D eigenvalue weighted by atomic mass is 35.5. The van der Waals surface area contributed by atoms with Crippen LogP contribution in [0.25, 0.3) is 10.2 Å². The maximum atomic E-state index is 11.8. The minimum absolute atomic E-state index is 0.224. The Hall–Kier alpha value is -1.59. The predicted molar refractivity (Wildman–Crippen MR) is 71.4 cm³/mol. The summed E-state index contributed by atoms with van der Waals surface area (Å²) in [5, 5.41) is 3.80. The third kappa shape index (κ3) is 2.40. The Kier molecular flexibility index (Phi) is 3.31. The van der Waals surface area contributed by atoms with Crippen LogP contribution in [0.2, 0.25) is 0 Å². The number of fused-ring (bicyclic) bond motifs is 1. The molecule has 0 fully saturated rings. The summed E-state index contributed by atoms with van der Waals surface area (Å²) >= 11 is 6.84. The zero-order valence-electron chi connectivity index (χ0n) is 8.87. The van der Waals surface area contributed by atoms with Gasteiger partial charge < -0.3 is 11.1 Å². The Morgan fingerprint density at radius 1 is 1.65 bits per heavy atom. The minimum Gasteiger partial charge on any atom is -0.397 e. The van der Waals surface area contributed by atoms with Crippen molar-refractivity contribution in [2.75, 3.05) is 12.3 Å². The fourth-order valence-corrected chi connectivity index (χ4v) is 2.42. The molecule has 2 rings (SSSR count). The van der Waals surface area contributed by atoms with Gasteiger partial charge >= 0.3 is 0 Å². The molecule has 2 aromatic heterocycles. The molecule has 1 amide bonds. The SMILES string of the molecule is C=C(Cl)CNC(=O)c1sc2ncccc2c1N. The van der Waals surface area contributed by atoms with Crippen molar-refractivity contribution in [2.24, 2.45) is 0 Å². The lowest BCUT2D eigenvalue weighted by molar-refractivity contribution is 0.0962. The molecule has 0 spiro atoms. The van der Waals surface area contributed by atoms with Crippen LogP contribution in [0.15, 0.2) is 29.9 Å². The molecule has 0 aliphatic carbocycles. The van der Waals surface area contributed by atoms with E-state index in [1.807, 2.05) is 6.07 Å². The highest BCUT2D eigenvalue weighted by Gasteiger charge is 2.16. The second kappa shape index (κ2) is 4.73. The third-order valence-electron chi connectivity index (χ3n) is 2.15. The number of hydrogen-bond donors (Lipinski definition) is 2. The highest BCUT2D eigenvalue weighted by molar-refractivity contribution is 7.21. The Bertz CT molecular complexity index is 593. The molecule has 4 nitrogen and oxygen atoms in total. The van der Waals surface area contributed by atoms with Crippen molar-refractivity contribution in [1.82, 2.24) is 10.3 Å². The molecule has 17 heavy (non-hydrogen) atoms. The topological polar surface area (TPSA) is 68.0 Å². The van der Waals surface area contributed by atoms with Crippen LogP contribution in [0.4, 0.5) is 5.69 Å². The van der Waals surface area contributed by atoms with Gasteiger partial charge in [-0.1, -0.05) is 18.2 Å². The monoisotopic (exact) mass is 267 g/mol. The van der Waals surface area contributed by atoms with E-state index in [4.69, 9.17) is 17.3 Å². The molecule has 2 aromatic rings. The van der Waals surface area contributed by atoms with Crippen LogP contribution < -0.4 is 11.1 Å². The molecule has 0 radical (unpaired) electrons. The number of nitrogen functional groups attached to an aromatic ring is 1. The van der Waals surface area contributed by atoms with Gasteiger partial charge in [-0.3, -0.25) is 4.79 Å². The van der Waals surface area contributed by atoms with Crippen LogP contribution in [0.1, 0.15) is 9.67 Å². The van der Waals surface area contributed by atoms with Gasteiger partial charge in [0.15, 0.2) is 0 Å². The van der Waals surface area contributed by atoms with E-state index in [1.165, 1.54) is 11.3 Å². The van der Waals surface area contributed by atoms with E-state index in [1.54, 1.807) is 12.3 Å². The first-order valence-corrected chi connectivity index (χ1v) is 6.03. The molecule has 2 heterocycles. The number of nitrogens with two attached hydrogens (primary N) is 1. The quantitative estimate of drug-likeness (QED) is 0.897. The van der Waals surface area contributed by atoms with Gasteiger partial charge in [-0.25, -0.2) is 4.98 Å². The van der Waals surface area contributed by atoms with E-state index < -0.39 is 0 Å². The summed E-state index contributed by atoms with van der Waals surface area (Å²) in [6.45, 7) is 3.72. The number of rotatable bonds is 3. The average molecular weight is 268 g/mol. The van der Waals surface area contributed by atoms with Gasteiger partial charge in [0.1, 0.15) is 9.71 Å². The molecule has 0 aliphatic heterocycles. The molecule has 0 saturated carbocycles. The normalized spacial score (nSPS) is 10.4. The summed E-state index contributed by atoms with van der Waals surface area (Å²) in [6, 6.07) is 3.62. The zero-order valence-corrected chi connectivity index (χ0v) is 10.4. The van der Waals surface area contributed by atoms with Gasteiger partial charge in [0.05, 0.1) is 12.2 Å². The lowest BCUT2D eigenvalue weighted by Crippen LogP contribution is -2.24. The first-order valence-electron chi connectivity index (χ1n) is 4.84. The van der Waals surface area contributed by atoms with Crippen LogP contribution in [0, 0.1) is 0 Å². The number of halogens is 1. The van der Waals surface area contributed by atoms with Crippen LogP contribution in [-0.4, -0.2) is 17.4 Å². The van der Waals surface area contributed by atoms with Crippen molar-refractivity contribution >= 4 is 44.7 Å². The fourth-order valence-electron chi connectivity index (χ4n) is 1.38. The van der Waals surface area contributed by atoms with Crippen molar-refractivity contribution in [2.45, 2.75) is 0 Å². The number of pyridine rings is 1. The summed E-state index contributed by atoms with van der Waals surface area (Å²) in [6.07, 6.45) is 1.67. The summed E-state index contributed by atoms with van der Waals surface area (Å²) in [4.78, 5) is 17.2. The third-order valence-corrected chi connectivity index (χ3v) is 3.41. The lowest BCUT2D eigenvalue weighted by Gasteiger charge is -2.02. The molecule has 0 bridgehead atoms. The van der Waals surface area contributed by atoms with E-state index in [-0.39, 0.29) is 12.5 Å². The highest BCUT2D eigenvalue weighted by Crippen LogP contribution is 2.31. The van der Waals surface area contributed by atoms with Crippen LogP contribution in [-0.2, 0) is 0 Å². The van der Waals surface area contributed by atoms with Crippen LogP contribution in [0.3, 0.4) is 0 Å². The first kappa shape index (κ1) is 11.9. The number of anilines is 1. The summed E-state index contributed by atoms with van der Waals surface area (Å²) in [7, 11) is 0. The molecule has 3 N–H and O–H groups in total. The van der Waals surface area contributed by atoms with Gasteiger partial charge in [-0.2, -0.15) is 0 Å². The Morgan fingerprint density at radius 2 is 2.41 bits per heavy atom. The Balaban J connectivity index is 2.32. The van der Waals surface area contributed by atoms with Crippen LogP contribution in [0.5, 0.6) is 0 Å². The number of hydrogen-bond acceptors (Lipinski definition) is 4. The van der Waals surface area contributed by atoms with Crippen molar-refractivity contribution in [3.8, 4) is 0 Å². The summed E-state index contributed by atoms with van der Waals surface area (Å²) in [5.41, 5.74) is 6.35. The number of carbonyl (C=O) groups is 1. The molecule has 0 aliphatic rings. The van der Waals surface area contributed by atoms with E-state index in [2.05, 4.69) is 16.9 Å². The van der Waals surface area contributed by atoms with Gasteiger partial charge in [0, 0.05) is 16.6 Å². The molecule has 0 aromatic carbocycles. The Labute approximate surface area is 107 Å². The number of nitrogens with one attached hydrogen (secondary N) is 1. The van der Waals surface area contributed by atoms with E-state index >= 15 is 0 Å². The number of amides is 1. The second-order valence-corrected chi connectivity index (χ2v) is 4.93. The van der Waals surface area contributed by atoms with E-state index in [9.17, 15) is 4.79 Å². The summed E-state index contributed by atoms with van der Waals surface area (Å²) in [5.74, 6) is -0.257.